The smallest absolute Gasteiger partial charge is 0.153 e. The van der Waals surface area contributed by atoms with Gasteiger partial charge in [0, 0.05) is 103 Å². The van der Waals surface area contributed by atoms with Crippen LogP contribution in [0.15, 0.2) is 72.9 Å². The van der Waals surface area contributed by atoms with Crippen LogP contribution < -0.4 is 15.4 Å². The van der Waals surface area contributed by atoms with E-state index in [0.717, 1.165) is 84.4 Å². The summed E-state index contributed by atoms with van der Waals surface area (Å²) >= 11 is 13.2. The minimum Gasteiger partial charge on any atom is -0.457 e. The minimum atomic E-state index is -0.741. The number of carbonyl (C=O) groups excluding carboxylic acids is 1. The van der Waals surface area contributed by atoms with Crippen molar-refractivity contribution in [2.24, 2.45) is 29.7 Å². The number of ketones is 1. The van der Waals surface area contributed by atoms with E-state index in [2.05, 4.69) is 135 Å². The van der Waals surface area contributed by atoms with Gasteiger partial charge in [-0.3, -0.25) is 19.5 Å². The number of aromatic nitrogens is 2. The number of imidazole rings is 1. The van der Waals surface area contributed by atoms with Gasteiger partial charge in [0.1, 0.15) is 17.3 Å². The summed E-state index contributed by atoms with van der Waals surface area (Å²) in [5, 5.41) is 9.89. The quantitative estimate of drug-likeness (QED) is 0.128. The molecule has 2 bridgehead atoms. The van der Waals surface area contributed by atoms with Gasteiger partial charge in [0.05, 0.1) is 35.9 Å². The molecule has 4 saturated heterocycles. The number of piperidine rings is 1. The monoisotopic (exact) mass is 967 g/mol. The number of hydrogen-bond acceptors (Lipinski definition) is 10. The zero-order valence-electron chi connectivity index (χ0n) is 42.3. The fourth-order valence-corrected chi connectivity index (χ4v) is 14.8. The lowest BCUT2D eigenvalue weighted by Gasteiger charge is -2.57. The number of benzene rings is 3. The summed E-state index contributed by atoms with van der Waals surface area (Å²) in [5.41, 5.74) is 3.04. The Labute approximate surface area is 416 Å². The van der Waals surface area contributed by atoms with Crippen molar-refractivity contribution < 1.29 is 14.3 Å². The molecule has 1 aliphatic carbocycles. The highest BCUT2D eigenvalue weighted by Crippen LogP contribution is 2.62. The Kier molecular flexibility index (Phi) is 14.4. The van der Waals surface area contributed by atoms with Crippen LogP contribution in [0.1, 0.15) is 77.3 Å². The number of carbonyl (C=O) groups is 1. The molecule has 11 nitrogen and oxygen atoms in total. The summed E-state index contributed by atoms with van der Waals surface area (Å²) in [5.74, 6) is 3.72. The molecule has 0 amide bonds. The van der Waals surface area contributed by atoms with Crippen LogP contribution in [0.3, 0.4) is 0 Å². The van der Waals surface area contributed by atoms with E-state index in [-0.39, 0.29) is 54.4 Å². The molecule has 5 fully saturated rings. The van der Waals surface area contributed by atoms with Gasteiger partial charge in [-0.05, 0) is 133 Å². The first-order valence-electron chi connectivity index (χ1n) is 25.2. The molecule has 1 saturated carbocycles. The van der Waals surface area contributed by atoms with Gasteiger partial charge in [0.15, 0.2) is 5.78 Å². The Bertz CT molecular complexity index is 2410. The van der Waals surface area contributed by atoms with E-state index in [1.54, 1.807) is 7.11 Å². The first-order chi connectivity index (χ1) is 32.5. The maximum Gasteiger partial charge on any atom is 0.153 e. The van der Waals surface area contributed by atoms with Gasteiger partial charge in [-0.1, -0.05) is 69.1 Å². The topological polar surface area (TPSA) is 90.4 Å². The molecule has 1 spiro atoms. The Morgan fingerprint density at radius 1 is 0.926 bits per heavy atom. The third kappa shape index (κ3) is 8.47. The Hall–Kier alpha value is -3.36. The zero-order valence-corrected chi connectivity index (χ0v) is 43.8. The van der Waals surface area contributed by atoms with E-state index < -0.39 is 10.8 Å². The van der Waals surface area contributed by atoms with Gasteiger partial charge in [-0.15, -0.1) is 0 Å². The fourth-order valence-electron chi connectivity index (χ4n) is 14.5. The van der Waals surface area contributed by atoms with E-state index in [9.17, 15) is 0 Å². The number of nitrogens with one attached hydrogen (secondary N) is 2. The van der Waals surface area contributed by atoms with E-state index in [1.165, 1.54) is 5.56 Å². The summed E-state index contributed by atoms with van der Waals surface area (Å²) in [4.78, 5) is 32.1. The lowest BCUT2D eigenvalue weighted by Crippen LogP contribution is -2.73. The molecule has 5 aliphatic rings. The van der Waals surface area contributed by atoms with Gasteiger partial charge in [0.2, 0.25) is 0 Å². The second kappa shape index (κ2) is 19.7. The van der Waals surface area contributed by atoms with E-state index >= 15 is 4.79 Å². The van der Waals surface area contributed by atoms with Crippen LogP contribution in [0.4, 0.5) is 0 Å². The van der Waals surface area contributed by atoms with Crippen LogP contribution in [0, 0.1) is 22.7 Å². The van der Waals surface area contributed by atoms with Gasteiger partial charge < -0.3 is 29.6 Å². The van der Waals surface area contributed by atoms with Crippen LogP contribution in [-0.2, 0) is 36.1 Å². The van der Waals surface area contributed by atoms with Crippen molar-refractivity contribution in [2.75, 3.05) is 48.5 Å². The number of ether oxygens (including phenoxy) is 2. The molecule has 5 heterocycles. The first kappa shape index (κ1) is 49.6. The number of likely N-dealkylation sites (tertiary alicyclic amines) is 2. The van der Waals surface area contributed by atoms with Crippen LogP contribution in [-0.4, -0.2) is 138 Å². The molecule has 13 heteroatoms. The number of likely N-dealkylation sites (N-methyl/N-ethyl adjacent to an activating group) is 2. The Balaban J connectivity index is 1.14. The highest BCUT2D eigenvalue weighted by molar-refractivity contribution is 6.31. The van der Waals surface area contributed by atoms with Gasteiger partial charge in [0.25, 0.3) is 0 Å². The lowest BCUT2D eigenvalue weighted by molar-refractivity contribution is -0.154. The van der Waals surface area contributed by atoms with Gasteiger partial charge >= 0.3 is 0 Å². The second-order valence-electron chi connectivity index (χ2n) is 21.9. The van der Waals surface area contributed by atoms with Crippen molar-refractivity contribution in [3.05, 3.63) is 99.9 Å². The number of halogens is 2. The molecule has 4 aliphatic heterocycles. The van der Waals surface area contributed by atoms with Gasteiger partial charge in [-0.25, -0.2) is 4.98 Å². The molecule has 368 valence electrons. The van der Waals surface area contributed by atoms with Gasteiger partial charge in [-0.2, -0.15) is 0 Å². The molecule has 4 aromatic rings. The van der Waals surface area contributed by atoms with Crippen LogP contribution >= 0.6 is 23.2 Å². The molecule has 8 unspecified atom stereocenters. The molecule has 3 aromatic carbocycles. The minimum absolute atomic E-state index is 0.00427. The van der Waals surface area contributed by atoms with Crippen molar-refractivity contribution in [3.8, 4) is 22.8 Å². The Morgan fingerprint density at radius 3 is 2.31 bits per heavy atom. The molecule has 9 rings (SSSR count). The SMILES string of the molecule is CCC12C(=O)C34C5C[C@H](Cc6ccc(Cl)cc6)N(C)C3[C@@H](COC)NC4C(C)N(Cc3ccc(Cl)cc3Oc3ccc(-c4cnc(CN(C)C)n4C)cc3)C1C[C@@H](C)C2N(C)[C@@H](CC(C)C)CN5. The summed E-state index contributed by atoms with van der Waals surface area (Å²) in [6.45, 7) is 14.6. The standard InChI is InChI=1S/C55H76Cl2N8O3/c1-12-54-48-24-34(4)51(54)63(9)42(23-33(2)3)28-58-47-27-41(25-36-13-18-39(56)19-14-36)62(8)52-44(32-67-11)60-50(55(47,52)53(54)66)35(5)65(48)30-38-15-20-40(57)26-46(38)68-43-21-16-37(17-22-43)45-29-59-49(64(45)10)31-61(6)7/h13-22,26,29,33-35,41-42,44,47-48,50-52,58,60H,12,23-25,27-28,30-32H2,1-11H3/t34-,35?,41+,42+,44-,47?,48?,50?,51?,52?,54?,55?/m1/s1. The fraction of sp³-hybridized carbons (Fsp3) is 0.600. The zero-order chi connectivity index (χ0) is 48.4. The molecule has 0 radical (unpaired) electrons. The lowest BCUT2D eigenvalue weighted by atomic mass is 9.54. The average molecular weight is 968 g/mol. The maximum absolute atomic E-state index is 17.2. The molecule has 1 aromatic heterocycles. The highest BCUT2D eigenvalue weighted by atomic mass is 35.5. The van der Waals surface area contributed by atoms with Crippen molar-refractivity contribution in [2.45, 2.75) is 134 Å². The average Bonchev–Trinajstić information content (AvgIpc) is 3.94. The van der Waals surface area contributed by atoms with Crippen molar-refractivity contribution in [1.82, 2.24) is 39.8 Å². The maximum atomic E-state index is 17.2. The number of methoxy groups -OCH3 is 1. The first-order valence-corrected chi connectivity index (χ1v) is 26.0. The predicted molar refractivity (Wildman–Crippen MR) is 275 cm³/mol. The largest absolute Gasteiger partial charge is 0.457 e. The van der Waals surface area contributed by atoms with Crippen LogP contribution in [0.2, 0.25) is 10.0 Å². The highest BCUT2D eigenvalue weighted by Gasteiger charge is 2.77. The van der Waals surface area contributed by atoms with E-state index in [1.807, 2.05) is 42.6 Å². The van der Waals surface area contributed by atoms with Crippen LogP contribution in [0.5, 0.6) is 11.5 Å². The molecule has 68 heavy (non-hydrogen) atoms. The third-order valence-corrected chi connectivity index (χ3v) is 17.8. The Morgan fingerprint density at radius 2 is 1.63 bits per heavy atom. The van der Waals surface area contributed by atoms with Crippen molar-refractivity contribution in [3.63, 3.8) is 0 Å². The molecular weight excluding hydrogens is 892 g/mol. The van der Waals surface area contributed by atoms with E-state index in [0.29, 0.717) is 35.8 Å². The summed E-state index contributed by atoms with van der Waals surface area (Å²) in [6, 6.07) is 22.9. The van der Waals surface area contributed by atoms with Crippen molar-refractivity contribution in [1.29, 1.82) is 0 Å². The molecule has 12 atom stereocenters. The third-order valence-electron chi connectivity index (χ3n) is 17.3. The number of nitrogens with zero attached hydrogens (tertiary/aromatic N) is 6. The van der Waals surface area contributed by atoms with Crippen LogP contribution in [0.25, 0.3) is 11.3 Å². The number of Topliss-reactive ketones (excluding diaryl/α,β-unsaturated/α-hetero) is 1. The summed E-state index contributed by atoms with van der Waals surface area (Å²) < 4.78 is 15.1. The van der Waals surface area contributed by atoms with E-state index in [4.69, 9.17) is 37.7 Å². The number of rotatable bonds is 14. The summed E-state index contributed by atoms with van der Waals surface area (Å²) in [7, 11) is 12.6. The number of hydrogen-bond donors (Lipinski definition) is 2. The predicted octanol–water partition coefficient (Wildman–Crippen LogP) is 8.80. The summed E-state index contributed by atoms with van der Waals surface area (Å²) in [6.07, 6.45) is 6.43. The normalized spacial score (nSPS) is 33.1. The molecular formula is C55H76Cl2N8O3. The molecule has 2 N–H and O–H groups in total. The second-order valence-corrected chi connectivity index (χ2v) is 22.8. The van der Waals surface area contributed by atoms with Crippen molar-refractivity contribution >= 4 is 29.0 Å².